The van der Waals surface area contributed by atoms with Crippen LogP contribution in [0.5, 0.6) is 0 Å². The SMILES string of the molecule is CCOC(=O)c1ccccc1NC(=O)CN1CCc2sccc2C1. The Bertz CT molecular complexity index is 741. The van der Waals surface area contributed by atoms with Gasteiger partial charge in [0, 0.05) is 18.0 Å². The summed E-state index contributed by atoms with van der Waals surface area (Å²) in [6.07, 6.45) is 0.986. The fraction of sp³-hybridized carbons (Fsp3) is 0.333. The molecule has 1 aliphatic rings. The van der Waals surface area contributed by atoms with Crippen LogP contribution in [-0.4, -0.2) is 36.5 Å². The minimum Gasteiger partial charge on any atom is -0.462 e. The number of para-hydroxylation sites is 1. The fourth-order valence-corrected chi connectivity index (χ4v) is 3.70. The van der Waals surface area contributed by atoms with Gasteiger partial charge in [0.05, 0.1) is 24.4 Å². The first kappa shape index (κ1) is 16.7. The molecule has 2 aromatic rings. The number of nitrogens with one attached hydrogen (secondary N) is 1. The lowest BCUT2D eigenvalue weighted by molar-refractivity contribution is -0.117. The monoisotopic (exact) mass is 344 g/mol. The van der Waals surface area contributed by atoms with Gasteiger partial charge in [-0.3, -0.25) is 9.69 Å². The number of hydrogen-bond donors (Lipinski definition) is 1. The van der Waals surface area contributed by atoms with Crippen molar-refractivity contribution in [2.45, 2.75) is 19.9 Å². The average Bonchev–Trinajstić information content (AvgIpc) is 3.03. The van der Waals surface area contributed by atoms with Crippen LogP contribution in [0.1, 0.15) is 27.7 Å². The molecular weight excluding hydrogens is 324 g/mol. The Kier molecular flexibility index (Phi) is 5.27. The molecule has 1 N–H and O–H groups in total. The lowest BCUT2D eigenvalue weighted by Gasteiger charge is -2.26. The molecule has 6 heteroatoms. The molecule has 0 unspecified atom stereocenters. The van der Waals surface area contributed by atoms with Crippen LogP contribution >= 0.6 is 11.3 Å². The van der Waals surface area contributed by atoms with Crippen LogP contribution in [0.25, 0.3) is 0 Å². The van der Waals surface area contributed by atoms with Crippen molar-refractivity contribution in [3.05, 3.63) is 51.7 Å². The van der Waals surface area contributed by atoms with Gasteiger partial charge in [-0.1, -0.05) is 12.1 Å². The molecule has 0 saturated carbocycles. The normalized spacial score (nSPS) is 14.0. The number of nitrogens with zero attached hydrogens (tertiary/aromatic N) is 1. The molecule has 1 aromatic carbocycles. The van der Waals surface area contributed by atoms with Crippen molar-refractivity contribution in [2.75, 3.05) is 25.0 Å². The molecule has 2 heterocycles. The minimum absolute atomic E-state index is 0.120. The maximum absolute atomic E-state index is 12.4. The summed E-state index contributed by atoms with van der Waals surface area (Å²) in [4.78, 5) is 27.9. The molecule has 1 amide bonds. The summed E-state index contributed by atoms with van der Waals surface area (Å²) >= 11 is 1.78. The van der Waals surface area contributed by atoms with Gasteiger partial charge in [0.15, 0.2) is 0 Å². The van der Waals surface area contributed by atoms with Gasteiger partial charge in [0.2, 0.25) is 5.91 Å². The Morgan fingerprint density at radius 3 is 2.96 bits per heavy atom. The summed E-state index contributed by atoms with van der Waals surface area (Å²) < 4.78 is 5.03. The van der Waals surface area contributed by atoms with Crippen molar-refractivity contribution in [3.63, 3.8) is 0 Å². The number of carbonyl (C=O) groups is 2. The van der Waals surface area contributed by atoms with E-state index in [9.17, 15) is 9.59 Å². The highest BCUT2D eigenvalue weighted by Crippen LogP contribution is 2.24. The van der Waals surface area contributed by atoms with Crippen LogP contribution in [0.15, 0.2) is 35.7 Å². The van der Waals surface area contributed by atoms with E-state index in [2.05, 4.69) is 21.7 Å². The van der Waals surface area contributed by atoms with E-state index < -0.39 is 5.97 Å². The molecule has 5 nitrogen and oxygen atoms in total. The number of anilines is 1. The molecular formula is C18H20N2O3S. The molecule has 0 bridgehead atoms. The van der Waals surface area contributed by atoms with E-state index in [1.807, 2.05) is 0 Å². The number of amides is 1. The van der Waals surface area contributed by atoms with Crippen LogP contribution in [0.3, 0.4) is 0 Å². The van der Waals surface area contributed by atoms with E-state index in [0.29, 0.717) is 24.4 Å². The Morgan fingerprint density at radius 2 is 2.12 bits per heavy atom. The maximum atomic E-state index is 12.4. The first-order valence-corrected chi connectivity index (χ1v) is 8.89. The predicted molar refractivity (Wildman–Crippen MR) is 94.3 cm³/mol. The zero-order valence-electron chi connectivity index (χ0n) is 13.6. The molecule has 126 valence electrons. The van der Waals surface area contributed by atoms with E-state index in [1.54, 1.807) is 42.5 Å². The van der Waals surface area contributed by atoms with Gasteiger partial charge in [-0.25, -0.2) is 4.79 Å². The number of rotatable bonds is 5. The molecule has 3 rings (SSSR count). The van der Waals surface area contributed by atoms with Crippen molar-refractivity contribution in [1.82, 2.24) is 4.90 Å². The first-order valence-electron chi connectivity index (χ1n) is 8.01. The zero-order chi connectivity index (χ0) is 16.9. The molecule has 1 aliphatic heterocycles. The van der Waals surface area contributed by atoms with E-state index in [-0.39, 0.29) is 5.91 Å². The zero-order valence-corrected chi connectivity index (χ0v) is 14.4. The first-order chi connectivity index (χ1) is 11.7. The largest absolute Gasteiger partial charge is 0.462 e. The van der Waals surface area contributed by atoms with Gasteiger partial charge in [-0.05, 0) is 42.5 Å². The van der Waals surface area contributed by atoms with Gasteiger partial charge >= 0.3 is 5.97 Å². The van der Waals surface area contributed by atoms with Crippen molar-refractivity contribution >= 4 is 28.9 Å². The van der Waals surface area contributed by atoms with Crippen molar-refractivity contribution in [1.29, 1.82) is 0 Å². The number of benzene rings is 1. The molecule has 0 atom stereocenters. The maximum Gasteiger partial charge on any atom is 0.340 e. The summed E-state index contributed by atoms with van der Waals surface area (Å²) in [5.41, 5.74) is 2.19. The Morgan fingerprint density at radius 1 is 1.29 bits per heavy atom. The third-order valence-corrected chi connectivity index (χ3v) is 4.97. The van der Waals surface area contributed by atoms with E-state index in [1.165, 1.54) is 10.4 Å². The quantitative estimate of drug-likeness (QED) is 0.848. The van der Waals surface area contributed by atoms with Crippen LogP contribution < -0.4 is 5.32 Å². The lowest BCUT2D eigenvalue weighted by atomic mass is 10.1. The van der Waals surface area contributed by atoms with Gasteiger partial charge in [-0.15, -0.1) is 11.3 Å². The number of esters is 1. The number of thiophene rings is 1. The van der Waals surface area contributed by atoms with Crippen LogP contribution in [0.2, 0.25) is 0 Å². The highest BCUT2D eigenvalue weighted by molar-refractivity contribution is 7.10. The topological polar surface area (TPSA) is 58.6 Å². The smallest absolute Gasteiger partial charge is 0.340 e. The van der Waals surface area contributed by atoms with Gasteiger partial charge in [-0.2, -0.15) is 0 Å². The van der Waals surface area contributed by atoms with Crippen LogP contribution in [-0.2, 0) is 22.5 Å². The second-order valence-electron chi connectivity index (χ2n) is 5.64. The molecule has 0 radical (unpaired) electrons. The van der Waals surface area contributed by atoms with Crippen LogP contribution in [0, 0.1) is 0 Å². The highest BCUT2D eigenvalue weighted by atomic mass is 32.1. The van der Waals surface area contributed by atoms with E-state index in [0.717, 1.165) is 19.5 Å². The van der Waals surface area contributed by atoms with Crippen LogP contribution in [0.4, 0.5) is 5.69 Å². The van der Waals surface area contributed by atoms with Crippen molar-refractivity contribution < 1.29 is 14.3 Å². The molecule has 24 heavy (non-hydrogen) atoms. The number of fused-ring (bicyclic) bond motifs is 1. The summed E-state index contributed by atoms with van der Waals surface area (Å²) in [6, 6.07) is 9.05. The minimum atomic E-state index is -0.422. The Labute approximate surface area is 145 Å². The molecule has 0 spiro atoms. The summed E-state index contributed by atoms with van der Waals surface area (Å²) in [6.45, 7) is 4.05. The molecule has 1 aromatic heterocycles. The second kappa shape index (κ2) is 7.59. The van der Waals surface area contributed by atoms with Gasteiger partial charge in [0.25, 0.3) is 0 Å². The Balaban J connectivity index is 1.63. The highest BCUT2D eigenvalue weighted by Gasteiger charge is 2.20. The Hall–Kier alpha value is -2.18. The molecule has 0 aliphatic carbocycles. The molecule has 0 fully saturated rings. The lowest BCUT2D eigenvalue weighted by Crippen LogP contribution is -2.36. The molecule has 0 saturated heterocycles. The van der Waals surface area contributed by atoms with Crippen molar-refractivity contribution in [2.24, 2.45) is 0 Å². The van der Waals surface area contributed by atoms with E-state index >= 15 is 0 Å². The number of hydrogen-bond acceptors (Lipinski definition) is 5. The average molecular weight is 344 g/mol. The standard InChI is InChI=1S/C18H20N2O3S/c1-2-23-18(22)14-5-3-4-6-15(14)19-17(21)12-20-9-7-16-13(11-20)8-10-24-16/h3-6,8,10H,2,7,9,11-12H2,1H3,(H,19,21). The number of ether oxygens (including phenoxy) is 1. The van der Waals surface area contributed by atoms with Crippen molar-refractivity contribution in [3.8, 4) is 0 Å². The third kappa shape index (κ3) is 3.83. The second-order valence-corrected chi connectivity index (χ2v) is 6.64. The van der Waals surface area contributed by atoms with Gasteiger partial charge in [0.1, 0.15) is 0 Å². The summed E-state index contributed by atoms with van der Waals surface area (Å²) in [5.74, 6) is -0.542. The number of carbonyl (C=O) groups excluding carboxylic acids is 2. The third-order valence-electron chi connectivity index (χ3n) is 3.95. The fourth-order valence-electron chi connectivity index (χ4n) is 2.81. The summed E-state index contributed by atoms with van der Waals surface area (Å²) in [7, 11) is 0. The van der Waals surface area contributed by atoms with Gasteiger partial charge < -0.3 is 10.1 Å². The predicted octanol–water partition coefficient (Wildman–Crippen LogP) is 2.92. The summed E-state index contributed by atoms with van der Waals surface area (Å²) in [5, 5.41) is 4.94. The van der Waals surface area contributed by atoms with E-state index in [4.69, 9.17) is 4.74 Å².